The number of anilines is 2. The number of thiocarbonyl (C=S) groups is 1. The van der Waals surface area contributed by atoms with E-state index in [4.69, 9.17) is 64.4 Å². The fraction of sp³-hybridized carbons (Fsp3) is 0.133. The van der Waals surface area contributed by atoms with Gasteiger partial charge in [-0.3, -0.25) is 15.6 Å². The summed E-state index contributed by atoms with van der Waals surface area (Å²) in [6, 6.07) is 3.73. The number of aryl methyl sites for hydroxylation is 2. The number of halogens is 4. The second-order valence-electron chi connectivity index (χ2n) is 5.26. The first-order chi connectivity index (χ1) is 12.1. The third kappa shape index (κ3) is 4.61. The fourth-order valence-corrected chi connectivity index (χ4v) is 3.19. The number of nitrogen functional groups attached to an aromatic ring is 1. The number of nitrogens with two attached hydrogens (primary N) is 1. The molecule has 0 fully saturated rings. The van der Waals surface area contributed by atoms with Gasteiger partial charge in [0.25, 0.3) is 5.91 Å². The summed E-state index contributed by atoms with van der Waals surface area (Å²) in [4.78, 5) is 16.0. The molecule has 2 aromatic rings. The van der Waals surface area contributed by atoms with Gasteiger partial charge in [-0.15, -0.1) is 0 Å². The molecule has 138 valence electrons. The van der Waals surface area contributed by atoms with Crippen molar-refractivity contribution in [2.24, 2.45) is 0 Å². The summed E-state index contributed by atoms with van der Waals surface area (Å²) in [5.74, 6) is -0.698. The molecule has 0 aliphatic carbocycles. The van der Waals surface area contributed by atoms with Crippen LogP contribution >= 0.6 is 58.6 Å². The van der Waals surface area contributed by atoms with Crippen LogP contribution in [0.4, 0.5) is 11.4 Å². The Morgan fingerprint density at radius 1 is 1.12 bits per heavy atom. The largest absolute Gasteiger partial charge is 0.396 e. The van der Waals surface area contributed by atoms with Crippen LogP contribution in [-0.2, 0) is 0 Å². The van der Waals surface area contributed by atoms with E-state index in [0.29, 0.717) is 10.7 Å². The van der Waals surface area contributed by atoms with Gasteiger partial charge in [-0.25, -0.2) is 4.98 Å². The highest BCUT2D eigenvalue weighted by atomic mass is 35.5. The Labute approximate surface area is 175 Å². The van der Waals surface area contributed by atoms with Gasteiger partial charge < -0.3 is 11.1 Å². The number of nitrogens with zero attached hydrogens (tertiary/aromatic N) is 1. The standard InChI is InChI=1S/C15H13Cl4N5OS/c1-5-3-6(2)11(7(16)4-5)22-15(26)24-23-14(25)12-8(17)10(20)9(18)13(19)21-12/h3-4H,1-2H3,(H2,20,21)(H,23,25)(H2,22,24,26). The van der Waals surface area contributed by atoms with Crippen molar-refractivity contribution in [2.45, 2.75) is 13.8 Å². The number of aromatic nitrogens is 1. The zero-order chi connectivity index (χ0) is 19.6. The molecule has 11 heteroatoms. The topological polar surface area (TPSA) is 92.1 Å². The quantitative estimate of drug-likeness (QED) is 0.304. The Bertz CT molecular complexity index is 883. The van der Waals surface area contributed by atoms with Crippen LogP contribution in [0.25, 0.3) is 0 Å². The van der Waals surface area contributed by atoms with E-state index < -0.39 is 5.91 Å². The first-order valence-corrected chi connectivity index (χ1v) is 8.97. The average Bonchev–Trinajstić information content (AvgIpc) is 2.57. The second-order valence-corrected chi connectivity index (χ2v) is 7.19. The third-order valence-electron chi connectivity index (χ3n) is 3.25. The van der Waals surface area contributed by atoms with Crippen LogP contribution in [0.15, 0.2) is 12.1 Å². The number of pyridine rings is 1. The van der Waals surface area contributed by atoms with Crippen LogP contribution in [0, 0.1) is 13.8 Å². The molecule has 0 radical (unpaired) electrons. The molecule has 1 heterocycles. The minimum atomic E-state index is -0.698. The number of carbonyl (C=O) groups is 1. The summed E-state index contributed by atoms with van der Waals surface area (Å²) in [6.07, 6.45) is 0. The number of rotatable bonds is 2. The SMILES string of the molecule is Cc1cc(C)c(NC(=S)NNC(=O)c2nc(Cl)c(Cl)c(N)c2Cl)c(Cl)c1. The lowest BCUT2D eigenvalue weighted by molar-refractivity contribution is 0.0939. The van der Waals surface area contributed by atoms with Crippen molar-refractivity contribution in [3.8, 4) is 0 Å². The van der Waals surface area contributed by atoms with Crippen LogP contribution in [0.1, 0.15) is 21.6 Å². The Morgan fingerprint density at radius 3 is 2.38 bits per heavy atom. The van der Waals surface area contributed by atoms with Crippen LogP contribution in [0.3, 0.4) is 0 Å². The van der Waals surface area contributed by atoms with E-state index >= 15 is 0 Å². The fourth-order valence-electron chi connectivity index (χ4n) is 2.07. The number of benzene rings is 1. The van der Waals surface area contributed by atoms with E-state index in [2.05, 4.69) is 21.2 Å². The van der Waals surface area contributed by atoms with E-state index in [1.54, 1.807) is 6.07 Å². The third-order valence-corrected chi connectivity index (χ3v) is 4.88. The van der Waals surface area contributed by atoms with Crippen molar-refractivity contribution >= 4 is 81.0 Å². The summed E-state index contributed by atoms with van der Waals surface area (Å²) in [5, 5.41) is 3.24. The zero-order valence-corrected chi connectivity index (χ0v) is 17.3. The van der Waals surface area contributed by atoms with Crippen molar-refractivity contribution in [2.75, 3.05) is 11.1 Å². The van der Waals surface area contributed by atoms with Crippen molar-refractivity contribution in [3.63, 3.8) is 0 Å². The van der Waals surface area contributed by atoms with Crippen LogP contribution in [-0.4, -0.2) is 16.0 Å². The minimum absolute atomic E-state index is 0.0251. The van der Waals surface area contributed by atoms with Gasteiger partial charge >= 0.3 is 0 Å². The second kappa shape index (κ2) is 8.45. The lowest BCUT2D eigenvalue weighted by atomic mass is 10.1. The van der Waals surface area contributed by atoms with Gasteiger partial charge in [-0.1, -0.05) is 52.5 Å². The molecule has 0 aliphatic heterocycles. The predicted molar refractivity (Wildman–Crippen MR) is 111 cm³/mol. The molecule has 0 aliphatic rings. The number of hydrogen-bond acceptors (Lipinski definition) is 4. The van der Waals surface area contributed by atoms with Crippen molar-refractivity contribution in [1.29, 1.82) is 0 Å². The molecule has 1 amide bonds. The molecule has 0 saturated carbocycles. The van der Waals surface area contributed by atoms with E-state index in [1.807, 2.05) is 19.9 Å². The molecule has 1 aromatic carbocycles. The van der Waals surface area contributed by atoms with Gasteiger partial charge in [-0.05, 0) is 43.3 Å². The molecule has 1 aromatic heterocycles. The average molecular weight is 453 g/mol. The smallest absolute Gasteiger partial charge is 0.289 e. The van der Waals surface area contributed by atoms with Crippen LogP contribution < -0.4 is 21.9 Å². The highest BCUT2D eigenvalue weighted by Gasteiger charge is 2.20. The molecule has 0 atom stereocenters. The lowest BCUT2D eigenvalue weighted by Gasteiger charge is -2.15. The van der Waals surface area contributed by atoms with Crippen LogP contribution in [0.5, 0.6) is 0 Å². The predicted octanol–water partition coefficient (Wildman–Crippen LogP) is 4.53. The van der Waals surface area contributed by atoms with E-state index in [0.717, 1.165) is 11.1 Å². The molecule has 0 bridgehead atoms. The zero-order valence-electron chi connectivity index (χ0n) is 13.5. The molecule has 0 spiro atoms. The molecular weight excluding hydrogens is 440 g/mol. The summed E-state index contributed by atoms with van der Waals surface area (Å²) in [6.45, 7) is 3.81. The highest BCUT2D eigenvalue weighted by Crippen LogP contribution is 2.34. The number of hydrazine groups is 1. The number of nitrogens with one attached hydrogen (secondary N) is 3. The van der Waals surface area contributed by atoms with E-state index in [1.165, 1.54) is 0 Å². The maximum Gasteiger partial charge on any atom is 0.289 e. The molecule has 26 heavy (non-hydrogen) atoms. The summed E-state index contributed by atoms with van der Waals surface area (Å²) in [7, 11) is 0. The van der Waals surface area contributed by atoms with Gasteiger partial charge in [0.05, 0.1) is 21.4 Å². The maximum absolute atomic E-state index is 12.2. The monoisotopic (exact) mass is 451 g/mol. The van der Waals surface area contributed by atoms with Gasteiger partial charge in [0, 0.05) is 0 Å². The Hall–Kier alpha value is -1.51. The van der Waals surface area contributed by atoms with Crippen molar-refractivity contribution in [3.05, 3.63) is 49.2 Å². The number of amides is 1. The summed E-state index contributed by atoms with van der Waals surface area (Å²) < 4.78 is 0. The Morgan fingerprint density at radius 2 is 1.77 bits per heavy atom. The van der Waals surface area contributed by atoms with Crippen LogP contribution in [0.2, 0.25) is 20.2 Å². The first-order valence-electron chi connectivity index (χ1n) is 7.05. The van der Waals surface area contributed by atoms with Gasteiger partial charge in [-0.2, -0.15) is 0 Å². The molecule has 6 nitrogen and oxygen atoms in total. The number of carbonyl (C=O) groups excluding carboxylic acids is 1. The maximum atomic E-state index is 12.2. The van der Waals surface area contributed by atoms with Gasteiger partial charge in [0.15, 0.2) is 16.0 Å². The highest BCUT2D eigenvalue weighted by molar-refractivity contribution is 7.80. The molecule has 0 unspecified atom stereocenters. The van der Waals surface area contributed by atoms with Gasteiger partial charge in [0.2, 0.25) is 0 Å². The Balaban J connectivity index is 2.08. The minimum Gasteiger partial charge on any atom is -0.396 e. The molecule has 0 saturated heterocycles. The normalized spacial score (nSPS) is 10.4. The summed E-state index contributed by atoms with van der Waals surface area (Å²) in [5.41, 5.74) is 12.9. The van der Waals surface area contributed by atoms with Crippen molar-refractivity contribution in [1.82, 2.24) is 15.8 Å². The molecular formula is C15H13Cl4N5OS. The lowest BCUT2D eigenvalue weighted by Crippen LogP contribution is -2.44. The molecule has 2 rings (SSSR count). The summed E-state index contributed by atoms with van der Waals surface area (Å²) >= 11 is 29.0. The first kappa shape index (κ1) is 20.8. The van der Waals surface area contributed by atoms with E-state index in [9.17, 15) is 4.79 Å². The number of hydrogen-bond donors (Lipinski definition) is 4. The van der Waals surface area contributed by atoms with Crippen molar-refractivity contribution < 1.29 is 4.79 Å². The Kier molecular flexibility index (Phi) is 6.76. The molecule has 5 N–H and O–H groups in total. The van der Waals surface area contributed by atoms with Gasteiger partial charge in [0.1, 0.15) is 5.02 Å². The van der Waals surface area contributed by atoms with E-state index in [-0.39, 0.29) is 31.7 Å².